The fourth-order valence-electron chi connectivity index (χ4n) is 1.71. The predicted molar refractivity (Wildman–Crippen MR) is 75.6 cm³/mol. The van der Waals surface area contributed by atoms with Gasteiger partial charge in [-0.1, -0.05) is 31.5 Å². The molecular formula is C13H20ClNO2S. The maximum absolute atomic E-state index is 12.3. The predicted octanol–water partition coefficient (Wildman–Crippen LogP) is 2.85. The highest BCUT2D eigenvalue weighted by atomic mass is 35.5. The van der Waals surface area contributed by atoms with E-state index in [1.54, 1.807) is 19.1 Å². The fraction of sp³-hybridized carbons (Fsp3) is 0.538. The minimum absolute atomic E-state index is 0.156. The first-order chi connectivity index (χ1) is 8.27. The summed E-state index contributed by atoms with van der Waals surface area (Å²) in [6.07, 6.45) is 0. The van der Waals surface area contributed by atoms with Crippen LogP contribution in [0.3, 0.4) is 0 Å². The summed E-state index contributed by atoms with van der Waals surface area (Å²) in [6, 6.07) is 5.04. The Labute approximate surface area is 115 Å². The smallest absolute Gasteiger partial charge is 0.207 e. The van der Waals surface area contributed by atoms with Gasteiger partial charge in [0.25, 0.3) is 0 Å². The first-order valence-electron chi connectivity index (χ1n) is 5.93. The van der Waals surface area contributed by atoms with Crippen molar-refractivity contribution in [2.75, 3.05) is 5.88 Å². The maximum Gasteiger partial charge on any atom is 0.241 e. The van der Waals surface area contributed by atoms with Gasteiger partial charge in [-0.25, -0.2) is 13.1 Å². The SMILES string of the molecule is Cc1ccc(S(=O)(=O)NC(CCl)C(C)C)c(C)c1. The van der Waals surface area contributed by atoms with Crippen molar-refractivity contribution >= 4 is 21.6 Å². The summed E-state index contributed by atoms with van der Waals surface area (Å²) in [5, 5.41) is 0. The van der Waals surface area contributed by atoms with Gasteiger partial charge in [0.1, 0.15) is 0 Å². The molecule has 1 aromatic carbocycles. The lowest BCUT2D eigenvalue weighted by Gasteiger charge is -2.20. The summed E-state index contributed by atoms with van der Waals surface area (Å²) < 4.78 is 27.2. The molecule has 0 spiro atoms. The van der Waals surface area contributed by atoms with Gasteiger partial charge in [-0.2, -0.15) is 0 Å². The highest BCUT2D eigenvalue weighted by Gasteiger charge is 2.23. The van der Waals surface area contributed by atoms with Crippen molar-refractivity contribution in [3.63, 3.8) is 0 Å². The van der Waals surface area contributed by atoms with Gasteiger partial charge in [0, 0.05) is 11.9 Å². The third kappa shape index (κ3) is 3.70. The van der Waals surface area contributed by atoms with Crippen LogP contribution in [0, 0.1) is 19.8 Å². The lowest BCUT2D eigenvalue weighted by atomic mass is 10.1. The quantitative estimate of drug-likeness (QED) is 0.847. The van der Waals surface area contributed by atoms with E-state index >= 15 is 0 Å². The summed E-state index contributed by atoms with van der Waals surface area (Å²) in [5.74, 6) is 0.421. The molecule has 0 radical (unpaired) electrons. The second-order valence-corrected chi connectivity index (χ2v) is 6.89. The van der Waals surface area contributed by atoms with Crippen molar-refractivity contribution < 1.29 is 8.42 Å². The molecule has 18 heavy (non-hydrogen) atoms. The molecule has 1 atom stereocenters. The van der Waals surface area contributed by atoms with Crippen molar-refractivity contribution in [2.24, 2.45) is 5.92 Å². The molecule has 0 amide bonds. The van der Waals surface area contributed by atoms with Crippen LogP contribution >= 0.6 is 11.6 Å². The van der Waals surface area contributed by atoms with Crippen molar-refractivity contribution in [1.29, 1.82) is 0 Å². The van der Waals surface area contributed by atoms with Gasteiger partial charge >= 0.3 is 0 Å². The molecule has 0 heterocycles. The number of aryl methyl sites for hydroxylation is 2. The minimum atomic E-state index is -3.50. The monoisotopic (exact) mass is 289 g/mol. The molecule has 1 unspecified atom stereocenters. The van der Waals surface area contributed by atoms with Crippen molar-refractivity contribution in [3.8, 4) is 0 Å². The molecule has 0 bridgehead atoms. The molecule has 0 aliphatic heterocycles. The van der Waals surface area contributed by atoms with E-state index in [0.717, 1.165) is 11.1 Å². The Hall–Kier alpha value is -0.580. The molecule has 1 N–H and O–H groups in total. The zero-order valence-corrected chi connectivity index (χ0v) is 12.8. The molecule has 0 saturated carbocycles. The molecule has 3 nitrogen and oxygen atoms in total. The number of hydrogen-bond acceptors (Lipinski definition) is 2. The topological polar surface area (TPSA) is 46.2 Å². The van der Waals surface area contributed by atoms with Crippen LogP contribution in [0.1, 0.15) is 25.0 Å². The van der Waals surface area contributed by atoms with E-state index in [2.05, 4.69) is 4.72 Å². The van der Waals surface area contributed by atoms with Gasteiger partial charge in [0.15, 0.2) is 0 Å². The van der Waals surface area contributed by atoms with Gasteiger partial charge < -0.3 is 0 Å². The molecule has 0 aromatic heterocycles. The Morgan fingerprint density at radius 2 is 1.89 bits per heavy atom. The van der Waals surface area contributed by atoms with E-state index in [-0.39, 0.29) is 17.8 Å². The fourth-order valence-corrected chi connectivity index (χ4v) is 3.85. The number of nitrogens with one attached hydrogen (secondary N) is 1. The highest BCUT2D eigenvalue weighted by molar-refractivity contribution is 7.89. The summed E-state index contributed by atoms with van der Waals surface area (Å²) >= 11 is 5.79. The van der Waals surface area contributed by atoms with E-state index < -0.39 is 10.0 Å². The molecule has 1 rings (SSSR count). The first kappa shape index (κ1) is 15.5. The largest absolute Gasteiger partial charge is 0.241 e. The average Bonchev–Trinajstić information content (AvgIpc) is 2.24. The van der Waals surface area contributed by atoms with Crippen LogP contribution in [-0.2, 0) is 10.0 Å². The molecule has 0 fully saturated rings. The maximum atomic E-state index is 12.3. The summed E-state index contributed by atoms with van der Waals surface area (Å²) in [7, 11) is -3.50. The molecule has 0 aliphatic rings. The number of benzene rings is 1. The third-order valence-corrected chi connectivity index (χ3v) is 4.88. The highest BCUT2D eigenvalue weighted by Crippen LogP contribution is 2.18. The van der Waals surface area contributed by atoms with Crippen LogP contribution in [0.2, 0.25) is 0 Å². The molecule has 0 aliphatic carbocycles. The normalized spacial score (nSPS) is 13.9. The first-order valence-corrected chi connectivity index (χ1v) is 7.95. The average molecular weight is 290 g/mol. The summed E-state index contributed by atoms with van der Waals surface area (Å²) in [5.41, 5.74) is 1.80. The zero-order chi connectivity index (χ0) is 13.9. The van der Waals surface area contributed by atoms with E-state index in [1.807, 2.05) is 26.8 Å². The van der Waals surface area contributed by atoms with Crippen molar-refractivity contribution in [1.82, 2.24) is 4.72 Å². The van der Waals surface area contributed by atoms with Crippen LogP contribution < -0.4 is 4.72 Å². The van der Waals surface area contributed by atoms with Gasteiger partial charge in [0.2, 0.25) is 10.0 Å². The number of sulfonamides is 1. The molecule has 1 aromatic rings. The van der Waals surface area contributed by atoms with Gasteiger partial charge in [-0.15, -0.1) is 11.6 Å². The van der Waals surface area contributed by atoms with Crippen LogP contribution in [-0.4, -0.2) is 20.3 Å². The second-order valence-electron chi connectivity index (χ2n) is 4.90. The summed E-state index contributed by atoms with van der Waals surface area (Å²) in [4.78, 5) is 0.323. The van der Waals surface area contributed by atoms with Gasteiger partial charge in [-0.3, -0.25) is 0 Å². The number of alkyl halides is 1. The Morgan fingerprint density at radius 3 is 2.33 bits per heavy atom. The Morgan fingerprint density at radius 1 is 1.28 bits per heavy atom. The standard InChI is InChI=1S/C13H20ClNO2S/c1-9(2)12(8-14)15-18(16,17)13-6-5-10(3)7-11(13)4/h5-7,9,12,15H,8H2,1-4H3. The molecule has 0 saturated heterocycles. The number of halogens is 1. The lowest BCUT2D eigenvalue weighted by molar-refractivity contribution is 0.480. The van der Waals surface area contributed by atoms with Gasteiger partial charge in [-0.05, 0) is 31.4 Å². The van der Waals surface area contributed by atoms with Crippen molar-refractivity contribution in [2.45, 2.75) is 38.6 Å². The molecule has 5 heteroatoms. The van der Waals surface area contributed by atoms with Crippen LogP contribution in [0.4, 0.5) is 0 Å². The number of hydrogen-bond donors (Lipinski definition) is 1. The lowest BCUT2D eigenvalue weighted by Crippen LogP contribution is -2.40. The summed E-state index contributed by atoms with van der Waals surface area (Å²) in [6.45, 7) is 7.62. The molecular weight excluding hydrogens is 270 g/mol. The molecule has 102 valence electrons. The van der Waals surface area contributed by atoms with Crippen molar-refractivity contribution in [3.05, 3.63) is 29.3 Å². The van der Waals surface area contributed by atoms with Crippen LogP contribution in [0.25, 0.3) is 0 Å². The second kappa shape index (κ2) is 6.04. The van der Waals surface area contributed by atoms with E-state index in [9.17, 15) is 8.42 Å². The Bertz CT molecular complexity index is 512. The van der Waals surface area contributed by atoms with Gasteiger partial charge in [0.05, 0.1) is 4.90 Å². The Balaban J connectivity index is 3.06. The van der Waals surface area contributed by atoms with E-state index in [1.165, 1.54) is 0 Å². The van der Waals surface area contributed by atoms with E-state index in [4.69, 9.17) is 11.6 Å². The Kier molecular flexibility index (Phi) is 5.20. The number of rotatable bonds is 5. The van der Waals surface area contributed by atoms with Crippen LogP contribution in [0.15, 0.2) is 23.1 Å². The van der Waals surface area contributed by atoms with Crippen LogP contribution in [0.5, 0.6) is 0 Å². The third-order valence-electron chi connectivity index (χ3n) is 2.90. The minimum Gasteiger partial charge on any atom is -0.207 e. The zero-order valence-electron chi connectivity index (χ0n) is 11.2. The van der Waals surface area contributed by atoms with E-state index in [0.29, 0.717) is 4.90 Å².